The number of nitrogen functional groups attached to an aromatic ring is 1. The summed E-state index contributed by atoms with van der Waals surface area (Å²) >= 11 is 0. The van der Waals surface area contributed by atoms with E-state index < -0.39 is 5.97 Å². The summed E-state index contributed by atoms with van der Waals surface area (Å²) in [5.74, 6) is -0.504. The monoisotopic (exact) mass is 179 g/mol. The number of carbonyl (C=O) groups is 2. The van der Waals surface area contributed by atoms with Crippen molar-refractivity contribution in [2.45, 2.75) is 0 Å². The van der Waals surface area contributed by atoms with E-state index in [-0.39, 0.29) is 5.56 Å². The van der Waals surface area contributed by atoms with Gasteiger partial charge in [0.2, 0.25) is 0 Å². The van der Waals surface area contributed by atoms with Crippen molar-refractivity contribution < 1.29 is 14.3 Å². The molecule has 0 spiro atoms. The van der Waals surface area contributed by atoms with Gasteiger partial charge in [-0.05, 0) is 18.2 Å². The lowest BCUT2D eigenvalue weighted by atomic mass is 10.1. The molecule has 4 nitrogen and oxygen atoms in total. The van der Waals surface area contributed by atoms with E-state index in [4.69, 9.17) is 5.73 Å². The zero-order chi connectivity index (χ0) is 9.84. The average Bonchev–Trinajstić information content (AvgIpc) is 2.15. The molecular formula is C9H9NO3. The second-order valence-electron chi connectivity index (χ2n) is 2.50. The van der Waals surface area contributed by atoms with E-state index in [1.807, 2.05) is 0 Å². The third-order valence-electron chi connectivity index (χ3n) is 1.53. The van der Waals surface area contributed by atoms with Crippen LogP contribution in [0.15, 0.2) is 18.2 Å². The highest BCUT2D eigenvalue weighted by Crippen LogP contribution is 2.11. The van der Waals surface area contributed by atoms with E-state index in [9.17, 15) is 9.59 Å². The first kappa shape index (κ1) is 9.25. The molecule has 0 saturated carbocycles. The van der Waals surface area contributed by atoms with Crippen LogP contribution in [0, 0.1) is 0 Å². The van der Waals surface area contributed by atoms with E-state index in [2.05, 4.69) is 4.74 Å². The number of rotatable bonds is 2. The highest BCUT2D eigenvalue weighted by Gasteiger charge is 2.06. The minimum atomic E-state index is -0.504. The molecule has 0 aliphatic rings. The standard InChI is InChI=1S/C9H9NO3/c1-13-9(12)7-2-6(5-11)3-8(10)4-7/h2-5H,10H2,1H3. The van der Waals surface area contributed by atoms with Crippen LogP contribution < -0.4 is 5.73 Å². The number of esters is 1. The maximum absolute atomic E-state index is 11.0. The Labute approximate surface area is 75.3 Å². The number of carbonyl (C=O) groups excluding carboxylic acids is 2. The Morgan fingerprint density at radius 1 is 1.46 bits per heavy atom. The maximum Gasteiger partial charge on any atom is 0.337 e. The Morgan fingerprint density at radius 3 is 2.69 bits per heavy atom. The quantitative estimate of drug-likeness (QED) is 0.415. The Balaban J connectivity index is 3.15. The summed E-state index contributed by atoms with van der Waals surface area (Å²) in [6.45, 7) is 0. The average molecular weight is 179 g/mol. The van der Waals surface area contributed by atoms with Gasteiger partial charge in [0.05, 0.1) is 12.7 Å². The largest absolute Gasteiger partial charge is 0.465 e. The van der Waals surface area contributed by atoms with Crippen LogP contribution in [0.3, 0.4) is 0 Å². The molecule has 2 N–H and O–H groups in total. The second-order valence-corrected chi connectivity index (χ2v) is 2.50. The molecule has 0 aliphatic heterocycles. The predicted octanol–water partition coefficient (Wildman–Crippen LogP) is 0.868. The minimum Gasteiger partial charge on any atom is -0.465 e. The van der Waals surface area contributed by atoms with Crippen LogP contribution in [0.2, 0.25) is 0 Å². The highest BCUT2D eigenvalue weighted by molar-refractivity contribution is 5.93. The van der Waals surface area contributed by atoms with Crippen molar-refractivity contribution in [3.63, 3.8) is 0 Å². The van der Waals surface area contributed by atoms with Crippen LogP contribution in [0.5, 0.6) is 0 Å². The molecule has 0 bridgehead atoms. The van der Waals surface area contributed by atoms with Gasteiger partial charge in [-0.2, -0.15) is 0 Å². The molecule has 0 atom stereocenters. The SMILES string of the molecule is COC(=O)c1cc(N)cc(C=O)c1. The van der Waals surface area contributed by atoms with Crippen molar-refractivity contribution >= 4 is 17.9 Å². The van der Waals surface area contributed by atoms with Crippen molar-refractivity contribution in [1.29, 1.82) is 0 Å². The number of nitrogens with two attached hydrogens (primary N) is 1. The number of benzene rings is 1. The fourth-order valence-electron chi connectivity index (χ4n) is 0.980. The zero-order valence-electron chi connectivity index (χ0n) is 7.11. The lowest BCUT2D eigenvalue weighted by Gasteiger charge is -2.01. The summed E-state index contributed by atoms with van der Waals surface area (Å²) in [4.78, 5) is 21.5. The molecule has 0 aromatic heterocycles. The normalized spacial score (nSPS) is 9.31. The lowest BCUT2D eigenvalue weighted by molar-refractivity contribution is 0.0601. The summed E-state index contributed by atoms with van der Waals surface area (Å²) in [6, 6.07) is 4.37. The molecule has 1 aromatic rings. The summed E-state index contributed by atoms with van der Waals surface area (Å²) in [5.41, 5.74) is 6.47. The van der Waals surface area contributed by atoms with Crippen LogP contribution in [0.25, 0.3) is 0 Å². The number of aldehydes is 1. The fraction of sp³-hybridized carbons (Fsp3) is 0.111. The Bertz CT molecular complexity index is 347. The minimum absolute atomic E-state index is 0.282. The van der Waals surface area contributed by atoms with Gasteiger partial charge in [0.15, 0.2) is 0 Å². The van der Waals surface area contributed by atoms with E-state index in [1.54, 1.807) is 0 Å². The van der Waals surface area contributed by atoms with Crippen LogP contribution in [0.1, 0.15) is 20.7 Å². The lowest BCUT2D eigenvalue weighted by Crippen LogP contribution is -2.03. The number of hydrogen-bond acceptors (Lipinski definition) is 4. The van der Waals surface area contributed by atoms with Gasteiger partial charge in [-0.1, -0.05) is 0 Å². The smallest absolute Gasteiger partial charge is 0.337 e. The molecule has 0 unspecified atom stereocenters. The molecule has 0 saturated heterocycles. The molecule has 0 radical (unpaired) electrons. The zero-order valence-corrected chi connectivity index (χ0v) is 7.11. The third kappa shape index (κ3) is 2.05. The number of hydrogen-bond donors (Lipinski definition) is 1. The highest BCUT2D eigenvalue weighted by atomic mass is 16.5. The first-order valence-corrected chi connectivity index (χ1v) is 3.61. The fourth-order valence-corrected chi connectivity index (χ4v) is 0.980. The summed E-state index contributed by atoms with van der Waals surface area (Å²) < 4.78 is 4.48. The van der Waals surface area contributed by atoms with E-state index in [0.717, 1.165) is 0 Å². The molecule has 1 aromatic carbocycles. The molecule has 0 fully saturated rings. The summed E-state index contributed by atoms with van der Waals surface area (Å²) in [6.07, 6.45) is 0.628. The van der Waals surface area contributed by atoms with Crippen LogP contribution in [-0.4, -0.2) is 19.4 Å². The van der Waals surface area contributed by atoms with Gasteiger partial charge in [-0.15, -0.1) is 0 Å². The summed E-state index contributed by atoms with van der Waals surface area (Å²) in [5, 5.41) is 0. The van der Waals surface area contributed by atoms with Crippen LogP contribution in [-0.2, 0) is 4.74 Å². The summed E-state index contributed by atoms with van der Waals surface area (Å²) in [7, 11) is 1.27. The molecular weight excluding hydrogens is 170 g/mol. The van der Waals surface area contributed by atoms with Crippen molar-refractivity contribution in [3.05, 3.63) is 29.3 Å². The van der Waals surface area contributed by atoms with E-state index in [1.165, 1.54) is 25.3 Å². The van der Waals surface area contributed by atoms with Gasteiger partial charge in [0.25, 0.3) is 0 Å². The molecule has 13 heavy (non-hydrogen) atoms. The van der Waals surface area contributed by atoms with Crippen LogP contribution in [0.4, 0.5) is 5.69 Å². The molecule has 0 amide bonds. The van der Waals surface area contributed by atoms with Gasteiger partial charge in [-0.3, -0.25) is 4.79 Å². The molecule has 4 heteroatoms. The van der Waals surface area contributed by atoms with Gasteiger partial charge in [-0.25, -0.2) is 4.79 Å². The third-order valence-corrected chi connectivity index (χ3v) is 1.53. The Hall–Kier alpha value is -1.84. The van der Waals surface area contributed by atoms with Gasteiger partial charge >= 0.3 is 5.97 Å². The van der Waals surface area contributed by atoms with Gasteiger partial charge < -0.3 is 10.5 Å². The van der Waals surface area contributed by atoms with E-state index >= 15 is 0 Å². The topological polar surface area (TPSA) is 69.4 Å². The van der Waals surface area contributed by atoms with Crippen molar-refractivity contribution in [1.82, 2.24) is 0 Å². The first-order chi connectivity index (χ1) is 6.17. The molecule has 1 rings (SSSR count). The maximum atomic E-state index is 11.0. The first-order valence-electron chi connectivity index (χ1n) is 3.61. The number of methoxy groups -OCH3 is 1. The van der Waals surface area contributed by atoms with E-state index in [0.29, 0.717) is 17.5 Å². The van der Waals surface area contributed by atoms with Crippen molar-refractivity contribution in [2.75, 3.05) is 12.8 Å². The Morgan fingerprint density at radius 2 is 2.15 bits per heavy atom. The molecule has 0 heterocycles. The Kier molecular flexibility index (Phi) is 2.64. The van der Waals surface area contributed by atoms with Gasteiger partial charge in [0.1, 0.15) is 6.29 Å². The second kappa shape index (κ2) is 3.71. The number of ether oxygens (including phenoxy) is 1. The number of anilines is 1. The van der Waals surface area contributed by atoms with Crippen LogP contribution >= 0.6 is 0 Å². The molecule has 68 valence electrons. The van der Waals surface area contributed by atoms with Gasteiger partial charge in [0, 0.05) is 11.3 Å². The molecule has 0 aliphatic carbocycles. The van der Waals surface area contributed by atoms with Crippen molar-refractivity contribution in [2.24, 2.45) is 0 Å². The predicted molar refractivity (Wildman–Crippen MR) is 47.6 cm³/mol. The van der Waals surface area contributed by atoms with Crippen molar-refractivity contribution in [3.8, 4) is 0 Å².